The number of halogens is 3. The van der Waals surface area contributed by atoms with Crippen LogP contribution in [0.15, 0.2) is 36.4 Å². The lowest BCUT2D eigenvalue weighted by Crippen LogP contribution is -2.18. The third-order valence-electron chi connectivity index (χ3n) is 3.11. The Morgan fingerprint density at radius 3 is 2.59 bits per heavy atom. The van der Waals surface area contributed by atoms with Crippen molar-refractivity contribution in [3.8, 4) is 0 Å². The van der Waals surface area contributed by atoms with Gasteiger partial charge >= 0.3 is 0 Å². The van der Waals surface area contributed by atoms with Gasteiger partial charge in [-0.1, -0.05) is 29.3 Å². The quantitative estimate of drug-likeness (QED) is 0.895. The zero-order valence-corrected chi connectivity index (χ0v) is 13.7. The minimum atomic E-state index is -0.499. The van der Waals surface area contributed by atoms with Gasteiger partial charge in [-0.2, -0.15) is 0 Å². The molecule has 2 rings (SSSR count). The van der Waals surface area contributed by atoms with Crippen molar-refractivity contribution in [1.82, 2.24) is 0 Å². The smallest absolute Gasteiger partial charge is 0.229 e. The van der Waals surface area contributed by atoms with Crippen LogP contribution in [0, 0.1) is 5.82 Å². The average molecular weight is 341 g/mol. The van der Waals surface area contributed by atoms with Crippen LogP contribution >= 0.6 is 23.2 Å². The Balaban J connectivity index is 2.21. The van der Waals surface area contributed by atoms with E-state index >= 15 is 0 Å². The molecule has 0 heterocycles. The monoisotopic (exact) mass is 340 g/mol. The highest BCUT2D eigenvalue weighted by Gasteiger charge is 2.14. The number of anilines is 2. The third-order valence-corrected chi connectivity index (χ3v) is 3.70. The maximum atomic E-state index is 13.7. The maximum absolute atomic E-state index is 13.7. The Hall–Kier alpha value is -1.78. The van der Waals surface area contributed by atoms with E-state index in [0.717, 1.165) is 5.69 Å². The highest BCUT2D eigenvalue weighted by atomic mass is 35.5. The van der Waals surface area contributed by atoms with E-state index in [2.05, 4.69) is 5.32 Å². The molecule has 3 nitrogen and oxygen atoms in total. The Morgan fingerprint density at radius 2 is 1.95 bits per heavy atom. The van der Waals surface area contributed by atoms with Crippen molar-refractivity contribution >= 4 is 40.5 Å². The molecule has 6 heteroatoms. The van der Waals surface area contributed by atoms with Gasteiger partial charge in [0.05, 0.1) is 17.8 Å². The molecule has 0 spiro atoms. The first-order chi connectivity index (χ1) is 10.4. The first-order valence-corrected chi connectivity index (χ1v) is 7.33. The van der Waals surface area contributed by atoms with Gasteiger partial charge in [-0.25, -0.2) is 4.39 Å². The summed E-state index contributed by atoms with van der Waals surface area (Å²) in [6.07, 6.45) is -0.148. The maximum Gasteiger partial charge on any atom is 0.229 e. The summed E-state index contributed by atoms with van der Waals surface area (Å²) in [6.45, 7) is 0. The van der Waals surface area contributed by atoms with Gasteiger partial charge in [0.2, 0.25) is 5.91 Å². The standard InChI is InChI=1S/C16H15Cl2FN2O/c1-21(2)15-7-6-10(17)8-14(15)20-16(22)9-11-12(18)4-3-5-13(11)19/h3-8H,9H2,1-2H3,(H,20,22). The van der Waals surface area contributed by atoms with Gasteiger partial charge in [0.15, 0.2) is 0 Å². The van der Waals surface area contributed by atoms with Crippen molar-refractivity contribution in [2.45, 2.75) is 6.42 Å². The van der Waals surface area contributed by atoms with Gasteiger partial charge in [0.25, 0.3) is 0 Å². The molecule has 116 valence electrons. The number of carbonyl (C=O) groups is 1. The fourth-order valence-corrected chi connectivity index (χ4v) is 2.46. The first-order valence-electron chi connectivity index (χ1n) is 6.58. The van der Waals surface area contributed by atoms with E-state index in [-0.39, 0.29) is 22.9 Å². The normalized spacial score (nSPS) is 10.4. The summed E-state index contributed by atoms with van der Waals surface area (Å²) in [5, 5.41) is 3.48. The summed E-state index contributed by atoms with van der Waals surface area (Å²) < 4.78 is 13.7. The van der Waals surface area contributed by atoms with Gasteiger partial charge in [-0.3, -0.25) is 4.79 Å². The molecule has 0 aliphatic heterocycles. The zero-order valence-electron chi connectivity index (χ0n) is 12.2. The van der Waals surface area contributed by atoms with Crippen LogP contribution < -0.4 is 10.2 Å². The van der Waals surface area contributed by atoms with Gasteiger partial charge in [0.1, 0.15) is 5.82 Å². The highest BCUT2D eigenvalue weighted by Crippen LogP contribution is 2.28. The number of rotatable bonds is 4. The lowest BCUT2D eigenvalue weighted by atomic mass is 10.1. The van der Waals surface area contributed by atoms with E-state index in [1.165, 1.54) is 12.1 Å². The van der Waals surface area contributed by atoms with Crippen molar-refractivity contribution in [3.05, 3.63) is 57.8 Å². The minimum absolute atomic E-state index is 0.148. The number of nitrogens with one attached hydrogen (secondary N) is 1. The Kier molecular flexibility index (Phi) is 5.27. The van der Waals surface area contributed by atoms with Gasteiger partial charge in [0, 0.05) is 29.7 Å². The Labute approximate surface area is 138 Å². The van der Waals surface area contributed by atoms with Crippen molar-refractivity contribution in [2.75, 3.05) is 24.3 Å². The lowest BCUT2D eigenvalue weighted by Gasteiger charge is -2.18. The lowest BCUT2D eigenvalue weighted by molar-refractivity contribution is -0.115. The summed E-state index contributed by atoms with van der Waals surface area (Å²) in [7, 11) is 3.71. The number of hydrogen-bond acceptors (Lipinski definition) is 2. The van der Waals surface area contributed by atoms with Gasteiger partial charge in [-0.05, 0) is 30.3 Å². The second kappa shape index (κ2) is 6.99. The predicted molar refractivity (Wildman–Crippen MR) is 89.5 cm³/mol. The molecule has 1 amide bonds. The number of hydrogen-bond donors (Lipinski definition) is 1. The van der Waals surface area contributed by atoms with E-state index in [9.17, 15) is 9.18 Å². The van der Waals surface area contributed by atoms with E-state index < -0.39 is 5.82 Å². The predicted octanol–water partition coefficient (Wildman–Crippen LogP) is 4.38. The second-order valence-corrected chi connectivity index (χ2v) is 5.82. The molecule has 0 aliphatic rings. The van der Waals surface area contributed by atoms with Crippen molar-refractivity contribution in [2.24, 2.45) is 0 Å². The zero-order chi connectivity index (χ0) is 16.3. The molecule has 0 saturated heterocycles. The fourth-order valence-electron chi connectivity index (χ4n) is 2.05. The average Bonchev–Trinajstić information content (AvgIpc) is 2.43. The summed E-state index contributed by atoms with van der Waals surface area (Å²) in [5.74, 6) is -0.862. The van der Waals surface area contributed by atoms with Crippen LogP contribution in [0.25, 0.3) is 0 Å². The number of nitrogens with zero attached hydrogens (tertiary/aromatic N) is 1. The molecule has 0 radical (unpaired) electrons. The van der Waals surface area contributed by atoms with Crippen LogP contribution in [0.2, 0.25) is 10.0 Å². The van der Waals surface area contributed by atoms with Crippen molar-refractivity contribution in [3.63, 3.8) is 0 Å². The van der Waals surface area contributed by atoms with Crippen LogP contribution in [0.5, 0.6) is 0 Å². The molecule has 1 N–H and O–H groups in total. The van der Waals surface area contributed by atoms with Crippen LogP contribution in [0.3, 0.4) is 0 Å². The molecule has 0 unspecified atom stereocenters. The second-order valence-electron chi connectivity index (χ2n) is 4.98. The molecule has 0 bridgehead atoms. The molecular weight excluding hydrogens is 326 g/mol. The SMILES string of the molecule is CN(C)c1ccc(Cl)cc1NC(=O)Cc1c(F)cccc1Cl. The molecule has 0 saturated carbocycles. The molecule has 0 fully saturated rings. The highest BCUT2D eigenvalue weighted by molar-refractivity contribution is 6.31. The van der Waals surface area contributed by atoms with Gasteiger partial charge < -0.3 is 10.2 Å². The molecule has 0 atom stereocenters. The molecule has 0 aromatic heterocycles. The number of carbonyl (C=O) groups excluding carboxylic acids is 1. The van der Waals surface area contributed by atoms with Crippen LogP contribution in [-0.4, -0.2) is 20.0 Å². The Morgan fingerprint density at radius 1 is 1.23 bits per heavy atom. The topological polar surface area (TPSA) is 32.3 Å². The van der Waals surface area contributed by atoms with E-state index in [0.29, 0.717) is 10.7 Å². The van der Waals surface area contributed by atoms with E-state index in [1.807, 2.05) is 19.0 Å². The van der Waals surface area contributed by atoms with E-state index in [4.69, 9.17) is 23.2 Å². The summed E-state index contributed by atoms with van der Waals surface area (Å²) in [4.78, 5) is 14.0. The fraction of sp³-hybridized carbons (Fsp3) is 0.188. The Bertz CT molecular complexity index is 684. The van der Waals surface area contributed by atoms with E-state index in [1.54, 1.807) is 24.3 Å². The van der Waals surface area contributed by atoms with Crippen LogP contribution in [-0.2, 0) is 11.2 Å². The first kappa shape index (κ1) is 16.6. The summed E-state index contributed by atoms with van der Waals surface area (Å²) >= 11 is 11.9. The van der Waals surface area contributed by atoms with Crippen molar-refractivity contribution in [1.29, 1.82) is 0 Å². The molecule has 0 aliphatic carbocycles. The van der Waals surface area contributed by atoms with Crippen molar-refractivity contribution < 1.29 is 9.18 Å². The van der Waals surface area contributed by atoms with Crippen LogP contribution in [0.4, 0.5) is 15.8 Å². The summed E-state index contributed by atoms with van der Waals surface area (Å²) in [5.41, 5.74) is 1.54. The number of benzene rings is 2. The third kappa shape index (κ3) is 3.90. The largest absolute Gasteiger partial charge is 0.376 e. The molecular formula is C16H15Cl2FN2O. The van der Waals surface area contributed by atoms with Crippen LogP contribution in [0.1, 0.15) is 5.56 Å². The molecule has 2 aromatic rings. The number of amides is 1. The molecule has 2 aromatic carbocycles. The summed E-state index contributed by atoms with van der Waals surface area (Å²) in [6, 6.07) is 9.52. The molecule has 22 heavy (non-hydrogen) atoms. The van der Waals surface area contributed by atoms with Gasteiger partial charge in [-0.15, -0.1) is 0 Å². The minimum Gasteiger partial charge on any atom is -0.376 e.